The third-order valence-corrected chi connectivity index (χ3v) is 3.62. The molecule has 2 atom stereocenters. The average Bonchev–Trinajstić information content (AvgIpc) is 2.41. The van der Waals surface area contributed by atoms with Crippen molar-refractivity contribution < 1.29 is 9.50 Å². The van der Waals surface area contributed by atoms with Crippen molar-refractivity contribution in [3.8, 4) is 0 Å². The average molecular weight is 267 g/mol. The number of rotatable bonds is 9. The van der Waals surface area contributed by atoms with Gasteiger partial charge in [-0.2, -0.15) is 0 Å². The van der Waals surface area contributed by atoms with E-state index in [2.05, 4.69) is 6.92 Å². The van der Waals surface area contributed by atoms with Gasteiger partial charge in [-0.25, -0.2) is 4.39 Å². The molecular weight excluding hydrogens is 241 g/mol. The number of halogens is 1. The molecule has 0 fully saturated rings. The van der Waals surface area contributed by atoms with Crippen molar-refractivity contribution in [2.45, 2.75) is 57.5 Å². The van der Waals surface area contributed by atoms with Gasteiger partial charge < -0.3 is 10.8 Å². The number of aliphatic hydroxyl groups is 1. The van der Waals surface area contributed by atoms with Gasteiger partial charge in [-0.15, -0.1) is 0 Å². The number of nitrogens with two attached hydrogens (primary N) is 1. The Labute approximate surface area is 115 Å². The highest BCUT2D eigenvalue weighted by Crippen LogP contribution is 2.23. The summed E-state index contributed by atoms with van der Waals surface area (Å²) in [5.74, 6) is -0.347. The SMILES string of the molecule is CCCCCCCC(O)C(CN)c1ccc(F)cc1. The molecule has 0 spiro atoms. The van der Waals surface area contributed by atoms with E-state index in [4.69, 9.17) is 5.73 Å². The lowest BCUT2D eigenvalue weighted by Crippen LogP contribution is -2.25. The summed E-state index contributed by atoms with van der Waals surface area (Å²) in [6, 6.07) is 6.28. The highest BCUT2D eigenvalue weighted by molar-refractivity contribution is 5.22. The van der Waals surface area contributed by atoms with Crippen LogP contribution in [0.4, 0.5) is 4.39 Å². The number of hydrogen-bond donors (Lipinski definition) is 2. The fraction of sp³-hybridized carbons (Fsp3) is 0.625. The Morgan fingerprint density at radius 1 is 1.11 bits per heavy atom. The summed E-state index contributed by atoms with van der Waals surface area (Å²) in [6.45, 7) is 2.58. The zero-order valence-corrected chi connectivity index (χ0v) is 11.8. The maximum atomic E-state index is 12.9. The molecule has 0 aromatic heterocycles. The first-order chi connectivity index (χ1) is 9.19. The van der Waals surface area contributed by atoms with Crippen LogP contribution in [-0.2, 0) is 0 Å². The fourth-order valence-electron chi connectivity index (χ4n) is 2.38. The lowest BCUT2D eigenvalue weighted by Gasteiger charge is -2.22. The molecule has 3 N–H and O–H groups in total. The van der Waals surface area contributed by atoms with Crippen LogP contribution in [0.1, 0.15) is 56.9 Å². The number of benzene rings is 1. The molecule has 19 heavy (non-hydrogen) atoms. The zero-order chi connectivity index (χ0) is 14.1. The molecule has 0 saturated heterocycles. The van der Waals surface area contributed by atoms with Gasteiger partial charge in [0.1, 0.15) is 5.82 Å². The van der Waals surface area contributed by atoms with E-state index < -0.39 is 6.10 Å². The van der Waals surface area contributed by atoms with Crippen molar-refractivity contribution in [1.82, 2.24) is 0 Å². The molecule has 0 aliphatic carbocycles. The predicted octanol–water partition coefficient (Wildman–Crippen LogP) is 3.59. The third-order valence-electron chi connectivity index (χ3n) is 3.62. The van der Waals surface area contributed by atoms with Crippen molar-refractivity contribution >= 4 is 0 Å². The maximum Gasteiger partial charge on any atom is 0.123 e. The van der Waals surface area contributed by atoms with Crippen molar-refractivity contribution in [3.63, 3.8) is 0 Å². The summed E-state index contributed by atoms with van der Waals surface area (Å²) >= 11 is 0. The van der Waals surface area contributed by atoms with Crippen LogP contribution in [0.5, 0.6) is 0 Å². The molecule has 0 saturated carbocycles. The van der Waals surface area contributed by atoms with Crippen molar-refractivity contribution in [2.75, 3.05) is 6.54 Å². The molecule has 1 aromatic carbocycles. The third kappa shape index (κ3) is 5.70. The topological polar surface area (TPSA) is 46.2 Å². The predicted molar refractivity (Wildman–Crippen MR) is 77.6 cm³/mol. The van der Waals surface area contributed by atoms with Gasteiger partial charge in [0, 0.05) is 12.5 Å². The summed E-state index contributed by atoms with van der Waals surface area (Å²) in [5.41, 5.74) is 6.66. The van der Waals surface area contributed by atoms with Gasteiger partial charge >= 0.3 is 0 Å². The Morgan fingerprint density at radius 2 is 1.74 bits per heavy atom. The maximum absolute atomic E-state index is 12.9. The van der Waals surface area contributed by atoms with Crippen LogP contribution in [0.25, 0.3) is 0 Å². The Morgan fingerprint density at radius 3 is 2.32 bits per heavy atom. The van der Waals surface area contributed by atoms with Gasteiger partial charge in [0.2, 0.25) is 0 Å². The summed E-state index contributed by atoms with van der Waals surface area (Å²) in [6.07, 6.45) is 6.23. The van der Waals surface area contributed by atoms with Crippen LogP contribution in [0.3, 0.4) is 0 Å². The van der Waals surface area contributed by atoms with Crippen LogP contribution in [-0.4, -0.2) is 17.8 Å². The van der Waals surface area contributed by atoms with E-state index in [1.807, 2.05) is 0 Å². The smallest absolute Gasteiger partial charge is 0.123 e. The molecule has 108 valence electrons. The van der Waals surface area contributed by atoms with Gasteiger partial charge in [-0.1, -0.05) is 51.2 Å². The normalized spacial score (nSPS) is 14.3. The molecular formula is C16H26FNO. The lowest BCUT2D eigenvalue weighted by atomic mass is 9.90. The van der Waals surface area contributed by atoms with E-state index in [0.717, 1.165) is 24.8 Å². The number of aliphatic hydroxyl groups excluding tert-OH is 1. The minimum absolute atomic E-state index is 0.0909. The first-order valence-electron chi connectivity index (χ1n) is 7.32. The van der Waals surface area contributed by atoms with Crippen molar-refractivity contribution in [3.05, 3.63) is 35.6 Å². The van der Waals surface area contributed by atoms with Crippen LogP contribution < -0.4 is 5.73 Å². The van der Waals surface area contributed by atoms with Gasteiger partial charge in [-0.3, -0.25) is 0 Å². The number of hydrogen-bond acceptors (Lipinski definition) is 2. The Bertz CT molecular complexity index is 339. The van der Waals surface area contributed by atoms with Crippen LogP contribution >= 0.6 is 0 Å². The molecule has 3 heteroatoms. The van der Waals surface area contributed by atoms with Crippen molar-refractivity contribution in [1.29, 1.82) is 0 Å². The van der Waals surface area contributed by atoms with Gasteiger partial charge in [-0.05, 0) is 24.1 Å². The van der Waals surface area contributed by atoms with E-state index in [0.29, 0.717) is 6.54 Å². The van der Waals surface area contributed by atoms with E-state index >= 15 is 0 Å². The van der Waals surface area contributed by atoms with E-state index in [1.54, 1.807) is 12.1 Å². The molecule has 0 amide bonds. The largest absolute Gasteiger partial charge is 0.392 e. The van der Waals surface area contributed by atoms with Crippen molar-refractivity contribution in [2.24, 2.45) is 5.73 Å². The summed E-state index contributed by atoms with van der Waals surface area (Å²) in [7, 11) is 0. The minimum atomic E-state index is -0.433. The monoisotopic (exact) mass is 267 g/mol. The number of unbranched alkanes of at least 4 members (excludes halogenated alkanes) is 4. The minimum Gasteiger partial charge on any atom is -0.392 e. The second kappa shape index (κ2) is 9.05. The van der Waals surface area contributed by atoms with Crippen LogP contribution in [0.2, 0.25) is 0 Å². The second-order valence-electron chi connectivity index (χ2n) is 5.16. The van der Waals surface area contributed by atoms with Gasteiger partial charge in [0.15, 0.2) is 0 Å². The molecule has 0 heterocycles. The molecule has 1 rings (SSSR count). The fourth-order valence-corrected chi connectivity index (χ4v) is 2.38. The Balaban J connectivity index is 2.43. The van der Waals surface area contributed by atoms with Crippen LogP contribution in [0, 0.1) is 5.82 Å². The summed E-state index contributed by atoms with van der Waals surface area (Å²) in [4.78, 5) is 0. The molecule has 1 aromatic rings. The molecule has 0 bridgehead atoms. The first kappa shape index (κ1) is 16.1. The van der Waals surface area contributed by atoms with E-state index in [1.165, 1.54) is 31.4 Å². The highest BCUT2D eigenvalue weighted by Gasteiger charge is 2.19. The first-order valence-corrected chi connectivity index (χ1v) is 7.32. The molecule has 2 nitrogen and oxygen atoms in total. The Kier molecular flexibility index (Phi) is 7.68. The molecule has 2 unspecified atom stereocenters. The highest BCUT2D eigenvalue weighted by atomic mass is 19.1. The molecule has 0 aliphatic heterocycles. The van der Waals surface area contributed by atoms with Crippen LogP contribution in [0.15, 0.2) is 24.3 Å². The quantitative estimate of drug-likeness (QED) is 0.672. The van der Waals surface area contributed by atoms with E-state index in [-0.39, 0.29) is 11.7 Å². The van der Waals surface area contributed by atoms with Gasteiger partial charge in [0.25, 0.3) is 0 Å². The Hall–Kier alpha value is -0.930. The molecule has 0 radical (unpaired) electrons. The van der Waals surface area contributed by atoms with Gasteiger partial charge in [0.05, 0.1) is 6.10 Å². The standard InChI is InChI=1S/C16H26FNO/c1-2-3-4-5-6-7-16(19)15(12-18)13-8-10-14(17)11-9-13/h8-11,15-16,19H,2-7,12,18H2,1H3. The molecule has 0 aliphatic rings. The second-order valence-corrected chi connectivity index (χ2v) is 5.16. The summed E-state index contributed by atoms with van der Waals surface area (Å²) < 4.78 is 12.9. The zero-order valence-electron chi connectivity index (χ0n) is 11.8. The summed E-state index contributed by atoms with van der Waals surface area (Å²) in [5, 5.41) is 10.2. The lowest BCUT2D eigenvalue weighted by molar-refractivity contribution is 0.132. The van der Waals surface area contributed by atoms with E-state index in [9.17, 15) is 9.50 Å².